The quantitative estimate of drug-likeness (QED) is 0.0193. The summed E-state index contributed by atoms with van der Waals surface area (Å²) in [4.78, 5) is 88.5. The summed E-state index contributed by atoms with van der Waals surface area (Å²) in [5, 5.41) is 29.8. The number of carbonyl (C=O) groups excluding carboxylic acids is 6. The van der Waals surface area contributed by atoms with Gasteiger partial charge in [0.15, 0.2) is 15.6 Å². The fraction of sp³-hybridized carbons (Fsp3) is 0.378. The van der Waals surface area contributed by atoms with Gasteiger partial charge in [0.05, 0.1) is 47.3 Å². The van der Waals surface area contributed by atoms with Crippen LogP contribution in [0.3, 0.4) is 0 Å². The third kappa shape index (κ3) is 20.9. The van der Waals surface area contributed by atoms with Crippen LogP contribution in [0.2, 0.25) is 0 Å². The van der Waals surface area contributed by atoms with Crippen LogP contribution in [-0.2, 0) is 57.4 Å². The Kier molecular flexibility index (Phi) is 27.5. The topological polar surface area (TPSA) is 287 Å². The first-order valence-corrected chi connectivity index (χ1v) is 39.8. The number of ketones is 1. The fourth-order valence-corrected chi connectivity index (χ4v) is 15.2. The number of amides is 5. The highest BCUT2D eigenvalue weighted by Gasteiger charge is 2.33. The summed E-state index contributed by atoms with van der Waals surface area (Å²) in [6, 6.07) is 48.8. The van der Waals surface area contributed by atoms with Crippen LogP contribution in [-0.4, -0.2) is 177 Å². The molecule has 6 aromatic carbocycles. The fourth-order valence-electron chi connectivity index (χ4n) is 12.9. The van der Waals surface area contributed by atoms with Gasteiger partial charge in [0.2, 0.25) is 39.0 Å². The monoisotopic (exact) mass is 1490 g/mol. The number of nitrogens with one attached hydrogen (secondary N) is 3. The van der Waals surface area contributed by atoms with Crippen LogP contribution in [0.5, 0.6) is 0 Å². The highest BCUT2D eigenvalue weighted by molar-refractivity contribution is 7.90. The van der Waals surface area contributed by atoms with E-state index >= 15 is 0 Å². The highest BCUT2D eigenvalue weighted by atomic mass is 32.2. The van der Waals surface area contributed by atoms with Gasteiger partial charge in [-0.15, -0.1) is 5.10 Å². The van der Waals surface area contributed by atoms with Crippen LogP contribution in [0.15, 0.2) is 190 Å². The molecule has 1 saturated heterocycles. The maximum atomic E-state index is 14.7. The van der Waals surface area contributed by atoms with Gasteiger partial charge in [-0.1, -0.05) is 143 Å². The molecule has 10 rings (SSSR count). The molecule has 107 heavy (non-hydrogen) atoms. The summed E-state index contributed by atoms with van der Waals surface area (Å²) in [5.74, 6) is -1.79. The van der Waals surface area contributed by atoms with Gasteiger partial charge in [-0.3, -0.25) is 28.8 Å². The molecule has 0 spiro atoms. The largest absolute Gasteiger partial charge is 0.456 e. The minimum Gasteiger partial charge on any atom is -0.456 e. The number of sulfonamides is 1. The van der Waals surface area contributed by atoms with E-state index in [4.69, 9.17) is 4.42 Å². The maximum Gasteiger partial charge on any atom is 0.254 e. The average Bonchev–Trinajstić information content (AvgIpc) is 1.23. The lowest BCUT2D eigenvalue weighted by molar-refractivity contribution is -0.135. The van der Waals surface area contributed by atoms with Crippen molar-refractivity contribution in [3.63, 3.8) is 0 Å². The molecule has 3 heterocycles. The number of piperazine rings is 1. The summed E-state index contributed by atoms with van der Waals surface area (Å²) in [6.45, 7) is 23.9. The Labute approximate surface area is 628 Å². The van der Waals surface area contributed by atoms with Crippen molar-refractivity contribution in [3.05, 3.63) is 215 Å². The number of nitrogens with zero attached hydrogens (tertiary/aromatic N) is 8. The van der Waals surface area contributed by atoms with E-state index in [1.54, 1.807) is 95.6 Å². The molecule has 3 atom stereocenters. The van der Waals surface area contributed by atoms with Gasteiger partial charge >= 0.3 is 0 Å². The second-order valence-electron chi connectivity index (χ2n) is 28.2. The lowest BCUT2D eigenvalue weighted by Gasteiger charge is -2.35. The lowest BCUT2D eigenvalue weighted by atomic mass is 9.87. The molecule has 1 fully saturated rings. The smallest absolute Gasteiger partial charge is 0.254 e. The molecule has 5 amide bonds. The second-order valence-corrected chi connectivity index (χ2v) is 32.1. The van der Waals surface area contributed by atoms with E-state index < -0.39 is 62.3 Å². The van der Waals surface area contributed by atoms with E-state index in [1.165, 1.54) is 33.6 Å². The highest BCUT2D eigenvalue weighted by Crippen LogP contribution is 2.42. The van der Waals surface area contributed by atoms with Crippen LogP contribution >= 0.6 is 0 Å². The Morgan fingerprint density at radius 1 is 0.664 bits per heavy atom. The van der Waals surface area contributed by atoms with E-state index in [9.17, 15) is 50.7 Å². The van der Waals surface area contributed by atoms with Gasteiger partial charge in [0.1, 0.15) is 36.2 Å². The zero-order chi connectivity index (χ0) is 77.3. The first kappa shape index (κ1) is 80.9. The number of hydrogen-bond acceptors (Lipinski definition) is 15. The van der Waals surface area contributed by atoms with E-state index in [1.807, 2.05) is 56.3 Å². The van der Waals surface area contributed by atoms with E-state index in [0.29, 0.717) is 44.2 Å². The maximum absolute atomic E-state index is 14.7. The Morgan fingerprint density at radius 2 is 1.29 bits per heavy atom. The lowest BCUT2D eigenvalue weighted by Crippen LogP contribution is -2.51. The normalized spacial score (nSPS) is 13.5. The van der Waals surface area contributed by atoms with E-state index in [0.717, 1.165) is 64.9 Å². The van der Waals surface area contributed by atoms with Crippen molar-refractivity contribution in [1.29, 1.82) is 0 Å². The summed E-state index contributed by atoms with van der Waals surface area (Å²) >= 11 is 0. The molecular formula is C82H100N11O12S2+. The van der Waals surface area contributed by atoms with Gasteiger partial charge in [0, 0.05) is 129 Å². The van der Waals surface area contributed by atoms with Gasteiger partial charge < -0.3 is 40.2 Å². The Morgan fingerprint density at radius 3 is 1.92 bits per heavy atom. The molecule has 3 aliphatic rings. The zero-order valence-corrected chi connectivity index (χ0v) is 64.6. The predicted octanol–water partition coefficient (Wildman–Crippen LogP) is 9.57. The van der Waals surface area contributed by atoms with Crippen molar-refractivity contribution in [2.75, 3.05) is 83.1 Å². The number of rotatable bonds is 29. The molecule has 1 unspecified atom stereocenters. The summed E-state index contributed by atoms with van der Waals surface area (Å²) in [7, 11) is -7.00. The van der Waals surface area contributed by atoms with Gasteiger partial charge in [-0.2, -0.15) is 4.31 Å². The number of anilines is 1. The van der Waals surface area contributed by atoms with E-state index in [2.05, 4.69) is 121 Å². The molecule has 7 aromatic rings. The van der Waals surface area contributed by atoms with Crippen LogP contribution in [0, 0.1) is 5.92 Å². The van der Waals surface area contributed by atoms with Crippen molar-refractivity contribution >= 4 is 71.8 Å². The molecule has 1 aromatic heterocycles. The molecule has 0 saturated carbocycles. The first-order chi connectivity index (χ1) is 51.0. The van der Waals surface area contributed by atoms with Crippen LogP contribution in [0.1, 0.15) is 131 Å². The Bertz CT molecular complexity index is 4850. The Hall–Kier alpha value is -10.2. The molecule has 25 heteroatoms. The molecule has 1 aliphatic carbocycles. The number of aromatic nitrogens is 3. The number of benzene rings is 7. The number of sulfone groups is 1. The van der Waals surface area contributed by atoms with Crippen molar-refractivity contribution in [3.8, 4) is 22.5 Å². The van der Waals surface area contributed by atoms with Crippen molar-refractivity contribution in [1.82, 2.24) is 49.6 Å². The van der Waals surface area contributed by atoms with Gasteiger partial charge in [-0.25, -0.2) is 26.1 Å². The van der Waals surface area contributed by atoms with Crippen molar-refractivity contribution in [2.45, 2.75) is 128 Å². The minimum absolute atomic E-state index is 0.00585. The molecule has 4 N–H and O–H groups in total. The average molecular weight is 1500 g/mol. The third-order valence-electron chi connectivity index (χ3n) is 19.1. The predicted molar refractivity (Wildman–Crippen MR) is 416 cm³/mol. The van der Waals surface area contributed by atoms with Crippen LogP contribution in [0.4, 0.5) is 5.69 Å². The molecular weight excluding hydrogens is 1400 g/mol. The number of aliphatic hydroxyl groups excluding tert-OH is 1. The molecule has 0 bridgehead atoms. The molecule has 0 radical (unpaired) electrons. The second kappa shape index (κ2) is 36.4. The Balaban J connectivity index is 0.000000847. The van der Waals surface area contributed by atoms with Gasteiger partial charge in [0.25, 0.3) is 5.91 Å². The third-order valence-corrected chi connectivity index (χ3v) is 22.1. The standard InChI is InChI=1S/C71H83N11O10S.C11H16O2S/c1-8-77(9-2)54-30-32-59-63(41-54)92-64-42-55(78(10-3)11-4)31-33-60(64)68(59)57-24-18-19-25-58(57)71(89)80-38-36-79(37-39-80)67(86)35-34-65(84)72-44-66(85)74-61(40-50-26-28-52(29-27-50)69(87)51-20-14-12-15-21-51)70(88)73-43-53-46-82(76-75-53)49(7)62(83)47-81(45-48(5)6)93(90,91)56-22-16-13-17-23-56;1-11(2,3)9-5-7-10(8-6-9)14(4,12)13/h12-33,41-42,46,48-49,61-62,83H,8-11,34-40,43-45,47H2,1-7H3,(H2-,72,73,74,84,85,88);5-8H,1-4H3/p+1/t49-,61-,62?;/m0./s1. The number of fused-ring (bicyclic) bond motifs is 2. The summed E-state index contributed by atoms with van der Waals surface area (Å²) in [5.41, 5.74) is 7.89. The summed E-state index contributed by atoms with van der Waals surface area (Å²) in [6.07, 6.45) is 1.19. The minimum atomic E-state index is -3.94. The molecule has 566 valence electrons. The number of hydrogen-bond donors (Lipinski definition) is 4. The summed E-state index contributed by atoms with van der Waals surface area (Å²) < 4.78 is 61.3. The number of carbonyl (C=O) groups is 6. The van der Waals surface area contributed by atoms with Crippen LogP contribution < -0.4 is 30.8 Å². The zero-order valence-electron chi connectivity index (χ0n) is 63.0. The SMILES string of the molecule is CC(C)(C)c1ccc(S(C)(=O)=O)cc1.CCN(CC)c1ccc2c(-c3ccccc3C(=O)N3CCN(C(=O)CCC(=O)NCC(=O)N[C@@H](Cc4ccc(C(=O)c5ccccc5)cc4)C(=O)NCc4cn([C@@H](C)C(O)CN(CC(C)C)S(=O)(=O)c5ccccc5)nn4)CC3)c3ccc(=[N+](CC)CC)cc-3oc2c1. The van der Waals surface area contributed by atoms with Gasteiger partial charge in [-0.05, 0) is 111 Å². The van der Waals surface area contributed by atoms with E-state index in [-0.39, 0.29) is 98.9 Å². The van der Waals surface area contributed by atoms with Crippen molar-refractivity contribution < 1.29 is 55.1 Å². The molecule has 2 aliphatic heterocycles. The molecule has 23 nitrogen and oxygen atoms in total. The van der Waals surface area contributed by atoms with Crippen molar-refractivity contribution in [2.24, 2.45) is 5.92 Å². The van der Waals surface area contributed by atoms with Crippen LogP contribution in [0.25, 0.3) is 33.4 Å². The number of aliphatic hydroxyl groups is 1. The first-order valence-electron chi connectivity index (χ1n) is 36.5.